The molecule has 0 saturated heterocycles. The van der Waals surface area contributed by atoms with Crippen LogP contribution < -0.4 is 25.2 Å². The molecule has 3 aromatic carbocycles. The number of carbonyl (C=O) groups is 1. The van der Waals surface area contributed by atoms with Crippen LogP contribution in [0.5, 0.6) is 17.2 Å². The number of carbonyl (C=O) groups excluding carboxylic acids is 1. The Morgan fingerprint density at radius 2 is 1.23 bits per heavy atom. The van der Waals surface area contributed by atoms with Gasteiger partial charge >= 0.3 is 6.03 Å². The number of ether oxygens (including phenoxy) is 2. The number of hydrogen-bond donors (Lipinski definition) is 3. The van der Waals surface area contributed by atoms with Gasteiger partial charge in [0.05, 0.1) is 17.2 Å². The van der Waals surface area contributed by atoms with E-state index in [-0.39, 0.29) is 10.6 Å². The molecule has 3 rings (SSSR count). The second-order valence-electron chi connectivity index (χ2n) is 11.1. The second kappa shape index (κ2) is 19.7. The predicted octanol–water partition coefficient (Wildman–Crippen LogP) is 9.63. The van der Waals surface area contributed by atoms with Crippen LogP contribution >= 0.6 is 0 Å². The fourth-order valence-corrected chi connectivity index (χ4v) is 5.46. The van der Waals surface area contributed by atoms with E-state index in [2.05, 4.69) is 17.6 Å². The molecule has 0 atom stereocenters. The number of amides is 2. The van der Waals surface area contributed by atoms with Crippen LogP contribution in [-0.4, -0.2) is 21.1 Å². The van der Waals surface area contributed by atoms with Crippen molar-refractivity contribution in [3.63, 3.8) is 0 Å². The van der Waals surface area contributed by atoms with Crippen LogP contribution in [0.15, 0.2) is 77.7 Å². The lowest BCUT2D eigenvalue weighted by molar-refractivity contribution is 0.262. The van der Waals surface area contributed by atoms with Crippen LogP contribution in [0.25, 0.3) is 0 Å². The molecule has 0 heterocycles. The summed E-state index contributed by atoms with van der Waals surface area (Å²) >= 11 is 0. The minimum Gasteiger partial charge on any atom is -0.490 e. The van der Waals surface area contributed by atoms with Crippen molar-refractivity contribution < 1.29 is 22.7 Å². The van der Waals surface area contributed by atoms with Gasteiger partial charge in [-0.25, -0.2) is 18.4 Å². The quantitative estimate of drug-likeness (QED) is 0.102. The topological polar surface area (TPSA) is 120 Å². The molecule has 0 radical (unpaired) electrons. The van der Waals surface area contributed by atoms with Crippen molar-refractivity contribution in [2.24, 2.45) is 5.14 Å². The number of rotatable bonds is 21. The van der Waals surface area contributed by atoms with Gasteiger partial charge in [0.25, 0.3) is 0 Å². The smallest absolute Gasteiger partial charge is 0.323 e. The molecule has 8 nitrogen and oxygen atoms in total. The van der Waals surface area contributed by atoms with Crippen LogP contribution in [0.4, 0.5) is 16.2 Å². The molecule has 44 heavy (non-hydrogen) atoms. The summed E-state index contributed by atoms with van der Waals surface area (Å²) in [5, 5.41) is 10.9. The molecular weight excluding hydrogens is 574 g/mol. The van der Waals surface area contributed by atoms with Crippen molar-refractivity contribution in [1.29, 1.82) is 0 Å². The lowest BCUT2D eigenvalue weighted by Crippen LogP contribution is -2.19. The molecule has 9 heteroatoms. The molecule has 0 spiro atoms. The first-order chi connectivity index (χ1) is 21.4. The average molecular weight is 624 g/mol. The van der Waals surface area contributed by atoms with E-state index < -0.39 is 16.1 Å². The molecule has 4 N–H and O–H groups in total. The Bertz CT molecular complexity index is 1370. The van der Waals surface area contributed by atoms with Gasteiger partial charge < -0.3 is 20.1 Å². The molecule has 3 aromatic rings. The lowest BCUT2D eigenvalue weighted by Gasteiger charge is -2.16. The van der Waals surface area contributed by atoms with Gasteiger partial charge in [0, 0.05) is 11.8 Å². The van der Waals surface area contributed by atoms with Crippen LogP contribution in [0, 0.1) is 0 Å². The molecule has 0 fully saturated rings. The monoisotopic (exact) mass is 623 g/mol. The molecule has 0 saturated carbocycles. The predicted molar refractivity (Wildman–Crippen MR) is 179 cm³/mol. The van der Waals surface area contributed by atoms with E-state index in [1.807, 2.05) is 18.2 Å². The van der Waals surface area contributed by atoms with Crippen molar-refractivity contribution in [2.45, 2.75) is 102 Å². The van der Waals surface area contributed by atoms with Crippen molar-refractivity contribution in [3.8, 4) is 17.2 Å². The van der Waals surface area contributed by atoms with Crippen molar-refractivity contribution in [1.82, 2.24) is 0 Å². The number of nitrogens with two attached hydrogens (primary N) is 1. The molecule has 0 aliphatic rings. The Labute approximate surface area is 263 Å². The average Bonchev–Trinajstić information content (AvgIpc) is 3.00. The Morgan fingerprint density at radius 1 is 0.659 bits per heavy atom. The van der Waals surface area contributed by atoms with Crippen LogP contribution in [0.2, 0.25) is 0 Å². The number of urea groups is 1. The van der Waals surface area contributed by atoms with Gasteiger partial charge in [-0.3, -0.25) is 0 Å². The third kappa shape index (κ3) is 13.4. The third-order valence-corrected chi connectivity index (χ3v) is 8.30. The van der Waals surface area contributed by atoms with E-state index in [1.54, 1.807) is 42.5 Å². The van der Waals surface area contributed by atoms with E-state index in [9.17, 15) is 13.2 Å². The zero-order valence-electron chi connectivity index (χ0n) is 26.1. The highest BCUT2D eigenvalue weighted by Gasteiger charge is 2.16. The van der Waals surface area contributed by atoms with E-state index in [0.717, 1.165) is 19.3 Å². The molecule has 2 amide bonds. The minimum atomic E-state index is -3.96. The number of anilines is 2. The first-order valence-corrected chi connectivity index (χ1v) is 17.6. The Balaban J connectivity index is 1.47. The maximum absolute atomic E-state index is 12.6. The van der Waals surface area contributed by atoms with Gasteiger partial charge in [-0.15, -0.1) is 0 Å². The van der Waals surface area contributed by atoms with E-state index >= 15 is 0 Å². The van der Waals surface area contributed by atoms with Gasteiger partial charge in [-0.05, 0) is 42.8 Å². The number of para-hydroxylation sites is 3. The van der Waals surface area contributed by atoms with Gasteiger partial charge in [0.2, 0.25) is 10.0 Å². The summed E-state index contributed by atoms with van der Waals surface area (Å²) in [5.74, 6) is 0.916. The van der Waals surface area contributed by atoms with E-state index in [4.69, 9.17) is 14.6 Å². The zero-order valence-corrected chi connectivity index (χ0v) is 26.9. The fraction of sp³-hybridized carbons (Fsp3) is 0.457. The van der Waals surface area contributed by atoms with Crippen molar-refractivity contribution in [3.05, 3.63) is 72.8 Å². The van der Waals surface area contributed by atoms with Crippen LogP contribution in [-0.2, 0) is 10.0 Å². The summed E-state index contributed by atoms with van der Waals surface area (Å²) in [5.41, 5.74) is 1.04. The first kappa shape index (κ1) is 34.9. The van der Waals surface area contributed by atoms with Crippen molar-refractivity contribution >= 4 is 27.4 Å². The minimum absolute atomic E-state index is 0.0939. The summed E-state index contributed by atoms with van der Waals surface area (Å²) in [6, 6.07) is 19.8. The highest BCUT2D eigenvalue weighted by molar-refractivity contribution is 7.89. The molecule has 0 bridgehead atoms. The van der Waals surface area contributed by atoms with Gasteiger partial charge in [0.1, 0.15) is 0 Å². The highest BCUT2D eigenvalue weighted by atomic mass is 32.2. The molecule has 240 valence electrons. The molecule has 0 aliphatic carbocycles. The Morgan fingerprint density at radius 3 is 1.84 bits per heavy atom. The standard InChI is InChI=1S/C35H49N3O5S/c1-2-3-4-5-6-7-8-9-10-11-12-13-14-20-27-42-33-26-25-30(44(36,40)41)28-34(33)43-32-24-19-18-23-31(32)38-35(39)37-29-21-16-15-17-22-29/h15-19,21-26,28H,2-14,20,27H2,1H3,(H2,36,40,41)(H2,37,38,39). The number of hydrogen-bond acceptors (Lipinski definition) is 5. The van der Waals surface area contributed by atoms with E-state index in [1.165, 1.54) is 82.8 Å². The number of unbranched alkanes of at least 4 members (excludes halogenated alkanes) is 13. The maximum atomic E-state index is 12.6. The van der Waals surface area contributed by atoms with E-state index in [0.29, 0.717) is 29.5 Å². The number of primary sulfonamides is 1. The SMILES string of the molecule is CCCCCCCCCCCCCCCCOc1ccc(S(N)(=O)=O)cc1Oc1ccccc1NC(=O)Nc1ccccc1. The summed E-state index contributed by atoms with van der Waals surface area (Å²) in [6.07, 6.45) is 17.8. The van der Waals surface area contributed by atoms with Gasteiger partial charge in [-0.2, -0.15) is 0 Å². The van der Waals surface area contributed by atoms with Gasteiger partial charge in [-0.1, -0.05) is 121 Å². The Kier molecular flexibility index (Phi) is 15.6. The van der Waals surface area contributed by atoms with Crippen LogP contribution in [0.3, 0.4) is 0 Å². The molecule has 0 unspecified atom stereocenters. The van der Waals surface area contributed by atoms with Crippen molar-refractivity contribution in [2.75, 3.05) is 17.2 Å². The molecule has 0 aromatic heterocycles. The van der Waals surface area contributed by atoms with Crippen LogP contribution in [0.1, 0.15) is 96.8 Å². The second-order valence-corrected chi connectivity index (χ2v) is 12.7. The summed E-state index contributed by atoms with van der Waals surface area (Å²) in [7, 11) is -3.96. The zero-order chi connectivity index (χ0) is 31.5. The summed E-state index contributed by atoms with van der Waals surface area (Å²) in [6.45, 7) is 2.73. The third-order valence-electron chi connectivity index (χ3n) is 7.39. The first-order valence-electron chi connectivity index (χ1n) is 16.1. The Hall–Kier alpha value is -3.56. The molecular formula is C35H49N3O5S. The summed E-state index contributed by atoms with van der Waals surface area (Å²) < 4.78 is 36.3. The van der Waals surface area contributed by atoms with Gasteiger partial charge in [0.15, 0.2) is 17.2 Å². The molecule has 0 aliphatic heterocycles. The summed E-state index contributed by atoms with van der Waals surface area (Å²) in [4.78, 5) is 12.5. The normalized spacial score (nSPS) is 11.2. The fourth-order valence-electron chi connectivity index (χ4n) is 4.93. The lowest BCUT2D eigenvalue weighted by atomic mass is 10.0. The number of benzene rings is 3. The number of sulfonamides is 1. The highest BCUT2D eigenvalue weighted by Crippen LogP contribution is 2.37. The number of nitrogens with one attached hydrogen (secondary N) is 2. The maximum Gasteiger partial charge on any atom is 0.323 e. The largest absolute Gasteiger partial charge is 0.490 e.